The van der Waals surface area contributed by atoms with E-state index >= 15 is 0 Å². The van der Waals surface area contributed by atoms with Crippen molar-refractivity contribution in [3.63, 3.8) is 0 Å². The van der Waals surface area contributed by atoms with Crippen molar-refractivity contribution >= 4 is 5.82 Å². The van der Waals surface area contributed by atoms with Crippen molar-refractivity contribution in [2.75, 3.05) is 11.4 Å². The minimum absolute atomic E-state index is 0.707. The summed E-state index contributed by atoms with van der Waals surface area (Å²) in [6, 6.07) is 0.707. The number of hydrogen-bond donors (Lipinski definition) is 0. The number of nitrogens with zero attached hydrogens (tertiary/aromatic N) is 3. The average Bonchev–Trinajstić information content (AvgIpc) is 2.95. The molecule has 0 spiro atoms. The third kappa shape index (κ3) is 3.26. The predicted molar refractivity (Wildman–Crippen MR) is 78.2 cm³/mol. The molecule has 1 aromatic rings. The van der Waals surface area contributed by atoms with E-state index in [1.807, 2.05) is 12.4 Å². The molecular formula is C16H25N3. The first kappa shape index (κ1) is 12.9. The molecule has 0 radical (unpaired) electrons. The Morgan fingerprint density at radius 1 is 1.00 bits per heavy atom. The molecule has 1 unspecified atom stereocenters. The molecule has 2 fully saturated rings. The van der Waals surface area contributed by atoms with Gasteiger partial charge in [0.25, 0.3) is 0 Å². The SMILES string of the molecule is c1cnc(N2CCCC2CCC2CCCCC2)cn1. The summed E-state index contributed by atoms with van der Waals surface area (Å²) in [4.78, 5) is 11.2. The quantitative estimate of drug-likeness (QED) is 0.823. The fraction of sp³-hybridized carbons (Fsp3) is 0.750. The van der Waals surface area contributed by atoms with Gasteiger partial charge < -0.3 is 4.90 Å². The van der Waals surface area contributed by atoms with E-state index in [2.05, 4.69) is 14.9 Å². The van der Waals surface area contributed by atoms with E-state index in [9.17, 15) is 0 Å². The molecule has 0 N–H and O–H groups in total. The van der Waals surface area contributed by atoms with Crippen LogP contribution in [0.4, 0.5) is 5.82 Å². The monoisotopic (exact) mass is 259 g/mol. The molecule has 3 nitrogen and oxygen atoms in total. The number of rotatable bonds is 4. The molecule has 1 saturated carbocycles. The second-order valence-corrected chi connectivity index (χ2v) is 6.13. The summed E-state index contributed by atoms with van der Waals surface area (Å²) in [5.41, 5.74) is 0. The lowest BCUT2D eigenvalue weighted by Gasteiger charge is -2.28. The van der Waals surface area contributed by atoms with Crippen molar-refractivity contribution in [1.29, 1.82) is 0 Å². The molecule has 0 amide bonds. The fourth-order valence-corrected chi connectivity index (χ4v) is 3.78. The van der Waals surface area contributed by atoms with Crippen LogP contribution in [0.2, 0.25) is 0 Å². The Morgan fingerprint density at radius 2 is 1.89 bits per heavy atom. The highest BCUT2D eigenvalue weighted by molar-refractivity contribution is 5.38. The van der Waals surface area contributed by atoms with Gasteiger partial charge in [-0.2, -0.15) is 0 Å². The average molecular weight is 259 g/mol. The molecule has 1 aliphatic heterocycles. The van der Waals surface area contributed by atoms with Crippen LogP contribution in [0.15, 0.2) is 18.6 Å². The van der Waals surface area contributed by atoms with Gasteiger partial charge >= 0.3 is 0 Å². The van der Waals surface area contributed by atoms with Crippen molar-refractivity contribution in [2.24, 2.45) is 5.92 Å². The lowest BCUT2D eigenvalue weighted by atomic mass is 9.85. The molecule has 0 bridgehead atoms. The van der Waals surface area contributed by atoms with E-state index < -0.39 is 0 Å². The maximum Gasteiger partial charge on any atom is 0.147 e. The molecule has 0 aromatic carbocycles. The van der Waals surface area contributed by atoms with Gasteiger partial charge in [-0.25, -0.2) is 4.98 Å². The second kappa shape index (κ2) is 6.36. The summed E-state index contributed by atoms with van der Waals surface area (Å²) in [6.07, 6.45) is 18.2. The molecule has 19 heavy (non-hydrogen) atoms. The Morgan fingerprint density at radius 3 is 2.68 bits per heavy atom. The van der Waals surface area contributed by atoms with Crippen LogP contribution in [0, 0.1) is 5.92 Å². The topological polar surface area (TPSA) is 29.0 Å². The van der Waals surface area contributed by atoms with Crippen LogP contribution in [0.1, 0.15) is 57.8 Å². The standard InChI is InChI=1S/C16H25N3/c1-2-5-14(6-3-1)8-9-15-7-4-12-19(15)16-13-17-10-11-18-16/h10-11,13-15H,1-9,12H2. The summed E-state index contributed by atoms with van der Waals surface area (Å²) >= 11 is 0. The summed E-state index contributed by atoms with van der Waals surface area (Å²) in [5, 5.41) is 0. The zero-order chi connectivity index (χ0) is 12.9. The largest absolute Gasteiger partial charge is 0.352 e. The van der Waals surface area contributed by atoms with Gasteiger partial charge in [-0.1, -0.05) is 32.1 Å². The van der Waals surface area contributed by atoms with Gasteiger partial charge in [0, 0.05) is 25.0 Å². The van der Waals surface area contributed by atoms with E-state index in [1.54, 1.807) is 6.20 Å². The molecular weight excluding hydrogens is 234 g/mol. The number of hydrogen-bond acceptors (Lipinski definition) is 3. The third-order valence-corrected chi connectivity index (χ3v) is 4.85. The molecule has 1 aromatic heterocycles. The summed E-state index contributed by atoms with van der Waals surface area (Å²) < 4.78 is 0. The zero-order valence-corrected chi connectivity index (χ0v) is 11.8. The highest BCUT2D eigenvalue weighted by Gasteiger charge is 2.26. The van der Waals surface area contributed by atoms with Crippen molar-refractivity contribution in [3.05, 3.63) is 18.6 Å². The molecule has 3 rings (SSSR count). The molecule has 2 aliphatic rings. The maximum atomic E-state index is 4.47. The van der Waals surface area contributed by atoms with Crippen LogP contribution in [0.25, 0.3) is 0 Å². The molecule has 1 atom stereocenters. The Balaban J connectivity index is 1.54. The molecule has 1 saturated heterocycles. The third-order valence-electron chi connectivity index (χ3n) is 4.85. The van der Waals surface area contributed by atoms with E-state index in [0.717, 1.165) is 18.3 Å². The van der Waals surface area contributed by atoms with Crippen LogP contribution in [0.5, 0.6) is 0 Å². The summed E-state index contributed by atoms with van der Waals surface area (Å²) in [5.74, 6) is 2.08. The smallest absolute Gasteiger partial charge is 0.147 e. The van der Waals surface area contributed by atoms with Crippen molar-refractivity contribution in [1.82, 2.24) is 9.97 Å². The highest BCUT2D eigenvalue weighted by atomic mass is 15.2. The first-order valence-corrected chi connectivity index (χ1v) is 7.96. The van der Waals surface area contributed by atoms with Crippen molar-refractivity contribution in [2.45, 2.75) is 63.8 Å². The van der Waals surface area contributed by atoms with E-state index in [4.69, 9.17) is 0 Å². The minimum Gasteiger partial charge on any atom is -0.352 e. The number of anilines is 1. The van der Waals surface area contributed by atoms with Gasteiger partial charge in [0.05, 0.1) is 6.20 Å². The van der Waals surface area contributed by atoms with Crippen LogP contribution < -0.4 is 4.90 Å². The lowest BCUT2D eigenvalue weighted by molar-refractivity contribution is 0.323. The molecule has 2 heterocycles. The van der Waals surface area contributed by atoms with Crippen LogP contribution in [-0.2, 0) is 0 Å². The van der Waals surface area contributed by atoms with Gasteiger partial charge in [-0.05, 0) is 31.6 Å². The van der Waals surface area contributed by atoms with Crippen molar-refractivity contribution in [3.8, 4) is 0 Å². The van der Waals surface area contributed by atoms with Gasteiger partial charge in [0.1, 0.15) is 5.82 Å². The lowest BCUT2D eigenvalue weighted by Crippen LogP contribution is -2.30. The highest BCUT2D eigenvalue weighted by Crippen LogP contribution is 2.31. The normalized spacial score (nSPS) is 24.8. The molecule has 3 heteroatoms. The zero-order valence-electron chi connectivity index (χ0n) is 11.8. The minimum atomic E-state index is 0.707. The predicted octanol–water partition coefficient (Wildman–Crippen LogP) is 3.81. The fourth-order valence-electron chi connectivity index (χ4n) is 3.78. The van der Waals surface area contributed by atoms with Crippen LogP contribution >= 0.6 is 0 Å². The van der Waals surface area contributed by atoms with Gasteiger partial charge in [0.15, 0.2) is 0 Å². The van der Waals surface area contributed by atoms with E-state index in [-0.39, 0.29) is 0 Å². The van der Waals surface area contributed by atoms with Crippen molar-refractivity contribution < 1.29 is 0 Å². The Hall–Kier alpha value is -1.12. The van der Waals surface area contributed by atoms with Crippen LogP contribution in [0.3, 0.4) is 0 Å². The summed E-state index contributed by atoms with van der Waals surface area (Å²) in [6.45, 7) is 1.16. The molecule has 104 valence electrons. The van der Waals surface area contributed by atoms with Crippen LogP contribution in [-0.4, -0.2) is 22.6 Å². The Kier molecular flexibility index (Phi) is 4.31. The second-order valence-electron chi connectivity index (χ2n) is 6.13. The van der Waals surface area contributed by atoms with Gasteiger partial charge in [-0.3, -0.25) is 4.98 Å². The van der Waals surface area contributed by atoms with E-state index in [0.29, 0.717) is 6.04 Å². The van der Waals surface area contributed by atoms with Gasteiger partial charge in [-0.15, -0.1) is 0 Å². The van der Waals surface area contributed by atoms with E-state index in [1.165, 1.54) is 57.8 Å². The molecule has 1 aliphatic carbocycles. The maximum absolute atomic E-state index is 4.47. The number of aromatic nitrogens is 2. The summed E-state index contributed by atoms with van der Waals surface area (Å²) in [7, 11) is 0. The Labute approximate surface area is 116 Å². The first-order chi connectivity index (χ1) is 9.43. The van der Waals surface area contributed by atoms with Gasteiger partial charge in [0.2, 0.25) is 0 Å². The first-order valence-electron chi connectivity index (χ1n) is 7.96. The Bertz CT molecular complexity index is 373.